The summed E-state index contributed by atoms with van der Waals surface area (Å²) in [6, 6.07) is 15.8. The number of benzene rings is 2. The third kappa shape index (κ3) is 3.62. The summed E-state index contributed by atoms with van der Waals surface area (Å²) in [5, 5.41) is 10.4. The summed E-state index contributed by atoms with van der Waals surface area (Å²) in [5.41, 5.74) is 1.12. The predicted octanol–water partition coefficient (Wildman–Crippen LogP) is 4.65. The first-order chi connectivity index (χ1) is 9.53. The lowest BCUT2D eigenvalue weighted by Gasteiger charge is -2.24. The van der Waals surface area contributed by atoms with Crippen LogP contribution in [-0.4, -0.2) is 5.11 Å². The van der Waals surface area contributed by atoms with Gasteiger partial charge in [-0.05, 0) is 37.1 Å². The first-order valence-corrected chi connectivity index (χ1v) is 7.51. The second-order valence-electron chi connectivity index (χ2n) is 5.04. The van der Waals surface area contributed by atoms with Crippen LogP contribution in [0.15, 0.2) is 53.0 Å². The number of rotatable bonds is 5. The van der Waals surface area contributed by atoms with Crippen LogP contribution in [0.4, 0.5) is 0 Å². The number of hydrogen-bond donors (Lipinski definition) is 1. The molecule has 0 radical (unpaired) electrons. The molecule has 0 aliphatic carbocycles. The van der Waals surface area contributed by atoms with Gasteiger partial charge in [0.2, 0.25) is 0 Å². The van der Waals surface area contributed by atoms with E-state index in [2.05, 4.69) is 15.9 Å². The molecule has 2 aromatic carbocycles. The summed E-state index contributed by atoms with van der Waals surface area (Å²) in [6.07, 6.45) is 0.647. The van der Waals surface area contributed by atoms with Gasteiger partial charge in [-0.15, -0.1) is 0 Å². The highest BCUT2D eigenvalue weighted by molar-refractivity contribution is 9.10. The molecule has 2 rings (SSSR count). The summed E-state index contributed by atoms with van der Waals surface area (Å²) < 4.78 is 6.69. The summed E-state index contributed by atoms with van der Waals surface area (Å²) >= 11 is 3.49. The Morgan fingerprint density at radius 2 is 1.85 bits per heavy atom. The molecule has 0 fully saturated rings. The molecular formula is C17H19BrO2. The van der Waals surface area contributed by atoms with Crippen LogP contribution in [0.2, 0.25) is 0 Å². The second-order valence-corrected chi connectivity index (χ2v) is 5.90. The zero-order valence-corrected chi connectivity index (χ0v) is 13.4. The maximum Gasteiger partial charge on any atom is 0.120 e. The van der Waals surface area contributed by atoms with Crippen molar-refractivity contribution in [2.75, 3.05) is 0 Å². The molecule has 0 aliphatic rings. The molecule has 0 amide bonds. The van der Waals surface area contributed by atoms with Crippen LogP contribution in [0.25, 0.3) is 0 Å². The quantitative estimate of drug-likeness (QED) is 0.862. The van der Waals surface area contributed by atoms with Gasteiger partial charge in [0.25, 0.3) is 0 Å². The standard InChI is InChI=1S/C17H19BrO2/c1-3-17(2,19)15-11-14(9-10-16(15)18)20-12-13-7-5-4-6-8-13/h4-11,19H,3,12H2,1-2H3. The molecule has 1 N–H and O–H groups in total. The van der Waals surface area contributed by atoms with Crippen molar-refractivity contribution >= 4 is 15.9 Å². The molecule has 20 heavy (non-hydrogen) atoms. The zero-order valence-electron chi connectivity index (χ0n) is 11.8. The third-order valence-electron chi connectivity index (χ3n) is 3.45. The summed E-state index contributed by atoms with van der Waals surface area (Å²) in [6.45, 7) is 4.30. The van der Waals surface area contributed by atoms with Gasteiger partial charge < -0.3 is 9.84 Å². The number of hydrogen-bond acceptors (Lipinski definition) is 2. The van der Waals surface area contributed by atoms with Crippen LogP contribution in [0.1, 0.15) is 31.4 Å². The molecule has 0 aromatic heterocycles. The van der Waals surface area contributed by atoms with Crippen molar-refractivity contribution < 1.29 is 9.84 Å². The SMILES string of the molecule is CCC(C)(O)c1cc(OCc2ccccc2)ccc1Br. The van der Waals surface area contributed by atoms with E-state index in [1.54, 1.807) is 0 Å². The van der Waals surface area contributed by atoms with Crippen molar-refractivity contribution in [2.24, 2.45) is 0 Å². The average molecular weight is 335 g/mol. The fraction of sp³-hybridized carbons (Fsp3) is 0.294. The van der Waals surface area contributed by atoms with Gasteiger partial charge in [-0.1, -0.05) is 53.2 Å². The number of halogens is 1. The zero-order chi connectivity index (χ0) is 14.6. The molecule has 0 saturated carbocycles. The molecular weight excluding hydrogens is 316 g/mol. The molecule has 3 heteroatoms. The van der Waals surface area contributed by atoms with E-state index >= 15 is 0 Å². The molecule has 0 bridgehead atoms. The van der Waals surface area contributed by atoms with Gasteiger partial charge in [0.05, 0.1) is 5.60 Å². The van der Waals surface area contributed by atoms with Crippen molar-refractivity contribution in [1.29, 1.82) is 0 Å². The van der Waals surface area contributed by atoms with E-state index in [0.717, 1.165) is 21.3 Å². The monoisotopic (exact) mass is 334 g/mol. The van der Waals surface area contributed by atoms with E-state index in [0.29, 0.717) is 13.0 Å². The van der Waals surface area contributed by atoms with E-state index in [1.807, 2.05) is 62.4 Å². The van der Waals surface area contributed by atoms with Gasteiger partial charge in [-0.2, -0.15) is 0 Å². The Hall–Kier alpha value is -1.32. The number of aliphatic hydroxyl groups is 1. The first kappa shape index (κ1) is 15.1. The molecule has 2 aromatic rings. The van der Waals surface area contributed by atoms with Gasteiger partial charge in [0.1, 0.15) is 12.4 Å². The van der Waals surface area contributed by atoms with E-state index in [1.165, 1.54) is 0 Å². The summed E-state index contributed by atoms with van der Waals surface area (Å²) in [5.74, 6) is 0.765. The Morgan fingerprint density at radius 3 is 2.50 bits per heavy atom. The summed E-state index contributed by atoms with van der Waals surface area (Å²) in [4.78, 5) is 0. The van der Waals surface area contributed by atoms with E-state index in [9.17, 15) is 5.11 Å². The average Bonchev–Trinajstić information content (AvgIpc) is 2.47. The van der Waals surface area contributed by atoms with Gasteiger partial charge in [-0.3, -0.25) is 0 Å². The topological polar surface area (TPSA) is 29.5 Å². The van der Waals surface area contributed by atoms with Crippen LogP contribution < -0.4 is 4.74 Å². The molecule has 106 valence electrons. The van der Waals surface area contributed by atoms with Gasteiger partial charge >= 0.3 is 0 Å². The molecule has 0 aliphatic heterocycles. The normalized spacial score (nSPS) is 13.8. The Bertz CT molecular complexity index is 564. The van der Waals surface area contributed by atoms with Gasteiger partial charge in [-0.25, -0.2) is 0 Å². The highest BCUT2D eigenvalue weighted by Gasteiger charge is 2.23. The predicted molar refractivity (Wildman–Crippen MR) is 84.8 cm³/mol. The lowest BCUT2D eigenvalue weighted by Crippen LogP contribution is -2.20. The van der Waals surface area contributed by atoms with Crippen LogP contribution in [-0.2, 0) is 12.2 Å². The van der Waals surface area contributed by atoms with Crippen molar-refractivity contribution in [3.8, 4) is 5.75 Å². The van der Waals surface area contributed by atoms with Crippen molar-refractivity contribution in [3.05, 3.63) is 64.1 Å². The Labute approximate surface area is 128 Å². The highest BCUT2D eigenvalue weighted by Crippen LogP contribution is 2.33. The summed E-state index contributed by atoms with van der Waals surface area (Å²) in [7, 11) is 0. The highest BCUT2D eigenvalue weighted by atomic mass is 79.9. The van der Waals surface area contributed by atoms with Gasteiger partial charge in [0.15, 0.2) is 0 Å². The van der Waals surface area contributed by atoms with Crippen LogP contribution in [0.5, 0.6) is 5.75 Å². The van der Waals surface area contributed by atoms with Crippen molar-refractivity contribution in [1.82, 2.24) is 0 Å². The Balaban J connectivity index is 2.16. The molecule has 1 atom stereocenters. The van der Waals surface area contributed by atoms with E-state index in [4.69, 9.17) is 4.74 Å². The smallest absolute Gasteiger partial charge is 0.120 e. The minimum absolute atomic E-state index is 0.524. The van der Waals surface area contributed by atoms with Crippen LogP contribution in [0, 0.1) is 0 Å². The van der Waals surface area contributed by atoms with Gasteiger partial charge in [0, 0.05) is 10.0 Å². The molecule has 0 spiro atoms. The number of ether oxygens (including phenoxy) is 1. The Kier molecular flexibility index (Phi) is 4.84. The Morgan fingerprint density at radius 1 is 1.15 bits per heavy atom. The van der Waals surface area contributed by atoms with Crippen LogP contribution >= 0.6 is 15.9 Å². The fourth-order valence-electron chi connectivity index (χ4n) is 1.94. The largest absolute Gasteiger partial charge is 0.489 e. The lowest BCUT2D eigenvalue weighted by molar-refractivity contribution is 0.0520. The molecule has 2 nitrogen and oxygen atoms in total. The maximum atomic E-state index is 10.4. The first-order valence-electron chi connectivity index (χ1n) is 6.72. The minimum Gasteiger partial charge on any atom is -0.489 e. The second kappa shape index (κ2) is 6.42. The van der Waals surface area contributed by atoms with E-state index < -0.39 is 5.60 Å². The molecule has 0 heterocycles. The molecule has 0 saturated heterocycles. The van der Waals surface area contributed by atoms with Crippen molar-refractivity contribution in [2.45, 2.75) is 32.5 Å². The minimum atomic E-state index is -0.856. The third-order valence-corrected chi connectivity index (χ3v) is 4.15. The van der Waals surface area contributed by atoms with Crippen LogP contribution in [0.3, 0.4) is 0 Å². The van der Waals surface area contributed by atoms with Crippen molar-refractivity contribution in [3.63, 3.8) is 0 Å². The van der Waals surface area contributed by atoms with E-state index in [-0.39, 0.29) is 0 Å². The maximum absolute atomic E-state index is 10.4. The molecule has 1 unspecified atom stereocenters. The fourth-order valence-corrected chi connectivity index (χ4v) is 2.61. The lowest BCUT2D eigenvalue weighted by atomic mass is 9.93.